The maximum absolute atomic E-state index is 12.7. The molecule has 2 atom stereocenters. The molecule has 0 radical (unpaired) electrons. The molecule has 2 unspecified atom stereocenters. The lowest BCUT2D eigenvalue weighted by molar-refractivity contribution is -0.129. The van der Waals surface area contributed by atoms with Gasteiger partial charge in [-0.2, -0.15) is 0 Å². The van der Waals surface area contributed by atoms with Gasteiger partial charge in [0.25, 0.3) is 0 Å². The number of Topliss-reactive ketones (excluding diaryl/α,β-unsaturated/α-hetero) is 1. The smallest absolute Gasteiger partial charge is 0.184 e. The lowest BCUT2D eigenvalue weighted by atomic mass is 9.82. The average Bonchev–Trinajstić information content (AvgIpc) is 2.48. The molecule has 0 heterocycles. The van der Waals surface area contributed by atoms with Crippen molar-refractivity contribution in [3.8, 4) is 0 Å². The SMILES string of the molecule is CNC(C)C(=O)C(NC)(NC)C(C)c1ccccc1. The number of carbonyl (C=O) groups excluding carboxylic acids is 1. The Labute approximate surface area is 116 Å². The van der Waals surface area contributed by atoms with Crippen LogP contribution >= 0.6 is 0 Å². The lowest BCUT2D eigenvalue weighted by Gasteiger charge is -2.39. The molecule has 19 heavy (non-hydrogen) atoms. The van der Waals surface area contributed by atoms with Crippen LogP contribution in [0.1, 0.15) is 25.3 Å². The Morgan fingerprint density at radius 1 is 1.05 bits per heavy atom. The van der Waals surface area contributed by atoms with Gasteiger partial charge in [0.05, 0.1) is 6.04 Å². The van der Waals surface area contributed by atoms with Crippen LogP contribution in [0.25, 0.3) is 0 Å². The fourth-order valence-electron chi connectivity index (χ4n) is 2.48. The van der Waals surface area contributed by atoms with E-state index in [4.69, 9.17) is 0 Å². The van der Waals surface area contributed by atoms with Crippen LogP contribution in [0, 0.1) is 0 Å². The Morgan fingerprint density at radius 2 is 1.58 bits per heavy atom. The van der Waals surface area contributed by atoms with Gasteiger partial charge in [0, 0.05) is 5.92 Å². The fourth-order valence-corrected chi connectivity index (χ4v) is 2.48. The second-order valence-corrected chi connectivity index (χ2v) is 4.81. The summed E-state index contributed by atoms with van der Waals surface area (Å²) in [6.45, 7) is 3.94. The van der Waals surface area contributed by atoms with E-state index in [1.165, 1.54) is 0 Å². The van der Waals surface area contributed by atoms with Gasteiger partial charge in [-0.25, -0.2) is 0 Å². The second-order valence-electron chi connectivity index (χ2n) is 4.81. The van der Waals surface area contributed by atoms with Gasteiger partial charge in [0.2, 0.25) is 0 Å². The van der Waals surface area contributed by atoms with Crippen molar-refractivity contribution in [2.75, 3.05) is 21.1 Å². The van der Waals surface area contributed by atoms with Crippen LogP contribution in [0.4, 0.5) is 0 Å². The van der Waals surface area contributed by atoms with Gasteiger partial charge >= 0.3 is 0 Å². The Balaban J connectivity index is 3.15. The van der Waals surface area contributed by atoms with Crippen LogP contribution in [0.2, 0.25) is 0 Å². The summed E-state index contributed by atoms with van der Waals surface area (Å²) in [6, 6.07) is 9.85. The maximum Gasteiger partial charge on any atom is 0.184 e. The van der Waals surface area contributed by atoms with Crippen LogP contribution in [0.3, 0.4) is 0 Å². The number of ketones is 1. The van der Waals surface area contributed by atoms with E-state index in [1.807, 2.05) is 51.4 Å². The van der Waals surface area contributed by atoms with Crippen molar-refractivity contribution in [3.63, 3.8) is 0 Å². The Morgan fingerprint density at radius 3 is 2.00 bits per heavy atom. The minimum atomic E-state index is -0.774. The number of likely N-dealkylation sites (N-methyl/N-ethyl adjacent to an activating group) is 3. The Kier molecular flexibility index (Phi) is 5.66. The Hall–Kier alpha value is -1.23. The summed E-state index contributed by atoms with van der Waals surface area (Å²) in [4.78, 5) is 12.7. The zero-order valence-electron chi connectivity index (χ0n) is 12.4. The average molecular weight is 263 g/mol. The van der Waals surface area contributed by atoms with Gasteiger partial charge in [-0.3, -0.25) is 15.4 Å². The molecular weight excluding hydrogens is 238 g/mol. The maximum atomic E-state index is 12.7. The molecule has 0 aliphatic carbocycles. The van der Waals surface area contributed by atoms with Crippen molar-refractivity contribution >= 4 is 5.78 Å². The molecule has 1 rings (SSSR count). The van der Waals surface area contributed by atoms with E-state index < -0.39 is 5.66 Å². The summed E-state index contributed by atoms with van der Waals surface area (Å²) in [6.07, 6.45) is 0. The number of nitrogens with one attached hydrogen (secondary N) is 3. The normalized spacial score (nSPS) is 15.0. The standard InChI is InChI=1S/C15H25N3O/c1-11(13-9-7-6-8-10-13)15(17-4,18-5)14(19)12(2)16-3/h6-12,16-18H,1-5H3. The summed E-state index contributed by atoms with van der Waals surface area (Å²) in [7, 11) is 5.43. The number of benzene rings is 1. The van der Waals surface area contributed by atoms with E-state index in [-0.39, 0.29) is 17.7 Å². The van der Waals surface area contributed by atoms with Gasteiger partial charge in [-0.15, -0.1) is 0 Å². The highest BCUT2D eigenvalue weighted by Crippen LogP contribution is 2.27. The van der Waals surface area contributed by atoms with E-state index in [9.17, 15) is 4.79 Å². The zero-order valence-corrected chi connectivity index (χ0v) is 12.4. The van der Waals surface area contributed by atoms with Gasteiger partial charge in [-0.1, -0.05) is 37.3 Å². The largest absolute Gasteiger partial charge is 0.311 e. The first-order chi connectivity index (χ1) is 9.03. The summed E-state index contributed by atoms with van der Waals surface area (Å²) >= 11 is 0. The third kappa shape index (κ3) is 3.03. The van der Waals surface area contributed by atoms with Crippen LogP contribution in [-0.2, 0) is 4.79 Å². The van der Waals surface area contributed by atoms with Crippen molar-refractivity contribution in [3.05, 3.63) is 35.9 Å². The molecule has 3 N–H and O–H groups in total. The third-order valence-corrected chi connectivity index (χ3v) is 3.95. The molecule has 106 valence electrons. The molecule has 4 nitrogen and oxygen atoms in total. The van der Waals surface area contributed by atoms with Crippen molar-refractivity contribution in [2.45, 2.75) is 31.5 Å². The van der Waals surface area contributed by atoms with Crippen molar-refractivity contribution in [1.82, 2.24) is 16.0 Å². The van der Waals surface area contributed by atoms with Gasteiger partial charge < -0.3 is 5.32 Å². The predicted octanol–water partition coefficient (Wildman–Crippen LogP) is 1.10. The van der Waals surface area contributed by atoms with Gasteiger partial charge in [-0.05, 0) is 33.6 Å². The van der Waals surface area contributed by atoms with Crippen molar-refractivity contribution < 1.29 is 4.79 Å². The predicted molar refractivity (Wildman–Crippen MR) is 79.2 cm³/mol. The molecule has 1 aromatic rings. The molecule has 1 aromatic carbocycles. The third-order valence-electron chi connectivity index (χ3n) is 3.95. The molecule has 0 aromatic heterocycles. The number of hydrogen-bond acceptors (Lipinski definition) is 4. The molecule has 0 aliphatic rings. The highest BCUT2D eigenvalue weighted by Gasteiger charge is 2.43. The van der Waals surface area contributed by atoms with E-state index in [0.717, 1.165) is 5.56 Å². The molecule has 0 aliphatic heterocycles. The molecule has 0 amide bonds. The molecule has 0 bridgehead atoms. The molecule has 0 saturated heterocycles. The highest BCUT2D eigenvalue weighted by atomic mass is 16.1. The minimum Gasteiger partial charge on any atom is -0.311 e. The van der Waals surface area contributed by atoms with E-state index in [2.05, 4.69) is 22.9 Å². The van der Waals surface area contributed by atoms with Crippen LogP contribution in [0.5, 0.6) is 0 Å². The topological polar surface area (TPSA) is 53.2 Å². The molecule has 0 saturated carbocycles. The molecule has 0 spiro atoms. The molecular formula is C15H25N3O. The summed E-state index contributed by atoms with van der Waals surface area (Å²) in [5.41, 5.74) is 0.354. The van der Waals surface area contributed by atoms with E-state index >= 15 is 0 Å². The molecule has 0 fully saturated rings. The first-order valence-electron chi connectivity index (χ1n) is 6.67. The molecule has 4 heteroatoms. The monoisotopic (exact) mass is 263 g/mol. The summed E-state index contributed by atoms with van der Waals surface area (Å²) < 4.78 is 0. The van der Waals surface area contributed by atoms with Gasteiger partial charge in [0.1, 0.15) is 5.66 Å². The minimum absolute atomic E-state index is 0.0204. The second kappa shape index (κ2) is 6.80. The van der Waals surface area contributed by atoms with Crippen LogP contribution < -0.4 is 16.0 Å². The first-order valence-corrected chi connectivity index (χ1v) is 6.67. The van der Waals surface area contributed by atoms with Crippen molar-refractivity contribution in [1.29, 1.82) is 0 Å². The fraction of sp³-hybridized carbons (Fsp3) is 0.533. The highest BCUT2D eigenvalue weighted by molar-refractivity contribution is 5.93. The summed E-state index contributed by atoms with van der Waals surface area (Å²) in [5, 5.41) is 9.37. The number of carbonyl (C=O) groups is 1. The van der Waals surface area contributed by atoms with Crippen molar-refractivity contribution in [2.24, 2.45) is 0 Å². The first kappa shape index (κ1) is 15.8. The van der Waals surface area contributed by atoms with Crippen LogP contribution in [0.15, 0.2) is 30.3 Å². The number of hydrogen-bond donors (Lipinski definition) is 3. The zero-order chi connectivity index (χ0) is 14.5. The van der Waals surface area contributed by atoms with Crippen LogP contribution in [-0.4, -0.2) is 38.6 Å². The number of rotatable bonds is 7. The van der Waals surface area contributed by atoms with E-state index in [1.54, 1.807) is 7.05 Å². The Bertz CT molecular complexity index is 401. The lowest BCUT2D eigenvalue weighted by Crippen LogP contribution is -2.66. The van der Waals surface area contributed by atoms with E-state index in [0.29, 0.717) is 0 Å². The quantitative estimate of drug-likeness (QED) is 0.645. The summed E-state index contributed by atoms with van der Waals surface area (Å²) in [5.74, 6) is 0.128. The van der Waals surface area contributed by atoms with Gasteiger partial charge in [0.15, 0.2) is 5.78 Å².